The fourth-order valence-electron chi connectivity index (χ4n) is 3.57. The van der Waals surface area contributed by atoms with Crippen molar-refractivity contribution in [1.29, 1.82) is 0 Å². The van der Waals surface area contributed by atoms with Crippen LogP contribution in [0.5, 0.6) is 5.75 Å². The molecule has 2 aromatic carbocycles. The van der Waals surface area contributed by atoms with Crippen LogP contribution in [-0.4, -0.2) is 55.1 Å². The third-order valence-corrected chi connectivity index (χ3v) is 5.35. The summed E-state index contributed by atoms with van der Waals surface area (Å²) in [5.41, 5.74) is 2.82. The Balaban J connectivity index is 1.61. The summed E-state index contributed by atoms with van der Waals surface area (Å²) in [5, 5.41) is 13.8. The molecule has 1 N–H and O–H groups in total. The largest absolute Gasteiger partial charge is 0.494 e. The Morgan fingerprint density at radius 2 is 1.86 bits per heavy atom. The molecule has 0 saturated carbocycles. The monoisotopic (exact) mass is 398 g/mol. The summed E-state index contributed by atoms with van der Waals surface area (Å²) in [4.78, 5) is 27.7. The number of para-hydroxylation sites is 1. The van der Waals surface area contributed by atoms with Gasteiger partial charge in [0.25, 0.3) is 5.69 Å². The maximum Gasteiger partial charge on any atom is 0.273 e. The molecule has 0 spiro atoms. The number of carbonyl (C=O) groups is 1. The van der Waals surface area contributed by atoms with Gasteiger partial charge < -0.3 is 15.0 Å². The summed E-state index contributed by atoms with van der Waals surface area (Å²) in [5.74, 6) is 0.102. The molecule has 8 nitrogen and oxygen atoms in total. The first kappa shape index (κ1) is 20.6. The molecule has 0 aromatic heterocycles. The van der Waals surface area contributed by atoms with Crippen molar-refractivity contribution in [3.63, 3.8) is 0 Å². The standard InChI is InChI=1S/C21H26N4O4/c1-15-6-4-5-7-19(15)24-12-10-23(11-13-24)16(2)21(26)22-18-9-8-17(25(27)28)14-20(18)29-3/h4-9,14,16H,10-13H2,1-3H3,(H,22,26)/t16-/m0/s1. The normalized spacial score (nSPS) is 15.6. The van der Waals surface area contributed by atoms with Crippen LogP contribution < -0.4 is 15.0 Å². The lowest BCUT2D eigenvalue weighted by atomic mass is 10.1. The molecule has 8 heteroatoms. The van der Waals surface area contributed by atoms with E-state index in [1.807, 2.05) is 19.1 Å². The van der Waals surface area contributed by atoms with Crippen molar-refractivity contribution in [1.82, 2.24) is 4.90 Å². The van der Waals surface area contributed by atoms with E-state index in [-0.39, 0.29) is 23.4 Å². The second kappa shape index (κ2) is 8.91. The number of aryl methyl sites for hydroxylation is 1. The lowest BCUT2D eigenvalue weighted by Crippen LogP contribution is -2.53. The number of nitrogens with one attached hydrogen (secondary N) is 1. The van der Waals surface area contributed by atoms with Gasteiger partial charge in [0.1, 0.15) is 5.75 Å². The topological polar surface area (TPSA) is 87.9 Å². The molecule has 0 unspecified atom stereocenters. The third-order valence-electron chi connectivity index (χ3n) is 5.35. The van der Waals surface area contributed by atoms with Crippen molar-refractivity contribution in [3.05, 3.63) is 58.1 Å². The van der Waals surface area contributed by atoms with Crippen LogP contribution in [0.15, 0.2) is 42.5 Å². The molecule has 0 radical (unpaired) electrons. The van der Waals surface area contributed by atoms with E-state index < -0.39 is 4.92 Å². The van der Waals surface area contributed by atoms with Crippen molar-refractivity contribution in [2.45, 2.75) is 19.9 Å². The van der Waals surface area contributed by atoms with E-state index in [4.69, 9.17) is 4.74 Å². The number of non-ortho nitro benzene ring substituents is 1. The molecule has 1 saturated heterocycles. The second-order valence-electron chi connectivity index (χ2n) is 7.12. The van der Waals surface area contributed by atoms with Gasteiger partial charge in [0.05, 0.1) is 29.8 Å². The molecule has 1 atom stereocenters. The highest BCUT2D eigenvalue weighted by atomic mass is 16.6. The Bertz CT molecular complexity index is 894. The van der Waals surface area contributed by atoms with Crippen LogP contribution in [0.2, 0.25) is 0 Å². The van der Waals surface area contributed by atoms with Crippen molar-refractivity contribution in [3.8, 4) is 5.75 Å². The summed E-state index contributed by atoms with van der Waals surface area (Å²) < 4.78 is 5.20. The highest BCUT2D eigenvalue weighted by molar-refractivity contribution is 5.96. The molecule has 29 heavy (non-hydrogen) atoms. The number of carbonyl (C=O) groups excluding carboxylic acids is 1. The average molecular weight is 398 g/mol. The SMILES string of the molecule is COc1cc([N+](=O)[O-])ccc1NC(=O)[C@H](C)N1CCN(c2ccccc2C)CC1. The lowest BCUT2D eigenvalue weighted by Gasteiger charge is -2.39. The molecule has 154 valence electrons. The molecule has 1 aliphatic heterocycles. The predicted molar refractivity (Wildman–Crippen MR) is 113 cm³/mol. The summed E-state index contributed by atoms with van der Waals surface area (Å²) in [6.07, 6.45) is 0. The fraction of sp³-hybridized carbons (Fsp3) is 0.381. The Hall–Kier alpha value is -3.13. The van der Waals surface area contributed by atoms with Crippen molar-refractivity contribution in [2.75, 3.05) is 43.5 Å². The van der Waals surface area contributed by atoms with E-state index in [9.17, 15) is 14.9 Å². The van der Waals surface area contributed by atoms with Crippen LogP contribution in [0, 0.1) is 17.0 Å². The molecule has 0 bridgehead atoms. The number of piperazine rings is 1. The van der Waals surface area contributed by atoms with Crippen LogP contribution in [0.3, 0.4) is 0 Å². The highest BCUT2D eigenvalue weighted by Crippen LogP contribution is 2.29. The van der Waals surface area contributed by atoms with E-state index in [0.717, 1.165) is 26.2 Å². The van der Waals surface area contributed by atoms with Crippen LogP contribution in [-0.2, 0) is 4.79 Å². The first-order valence-electron chi connectivity index (χ1n) is 9.58. The van der Waals surface area contributed by atoms with Gasteiger partial charge >= 0.3 is 0 Å². The maximum atomic E-state index is 12.7. The van der Waals surface area contributed by atoms with Gasteiger partial charge in [0, 0.05) is 37.9 Å². The number of rotatable bonds is 6. The minimum atomic E-state index is -0.495. The number of ether oxygens (including phenoxy) is 1. The number of hydrogen-bond donors (Lipinski definition) is 1. The van der Waals surface area contributed by atoms with Gasteiger partial charge in [-0.15, -0.1) is 0 Å². The van der Waals surface area contributed by atoms with Crippen LogP contribution in [0.25, 0.3) is 0 Å². The number of anilines is 2. The fourth-order valence-corrected chi connectivity index (χ4v) is 3.57. The first-order valence-corrected chi connectivity index (χ1v) is 9.58. The molecule has 1 fully saturated rings. The molecule has 1 amide bonds. The van der Waals surface area contributed by atoms with Crippen LogP contribution >= 0.6 is 0 Å². The zero-order valence-corrected chi connectivity index (χ0v) is 16.9. The lowest BCUT2D eigenvalue weighted by molar-refractivity contribution is -0.384. The minimum Gasteiger partial charge on any atom is -0.494 e. The van der Waals surface area contributed by atoms with E-state index in [1.165, 1.54) is 36.6 Å². The number of nitro benzene ring substituents is 1. The number of nitro groups is 1. The summed E-state index contributed by atoms with van der Waals surface area (Å²) in [7, 11) is 1.42. The highest BCUT2D eigenvalue weighted by Gasteiger charge is 2.27. The van der Waals surface area contributed by atoms with Crippen LogP contribution in [0.1, 0.15) is 12.5 Å². The van der Waals surface area contributed by atoms with E-state index in [2.05, 4.69) is 34.2 Å². The first-order chi connectivity index (χ1) is 13.9. The van der Waals surface area contributed by atoms with Crippen molar-refractivity contribution < 1.29 is 14.5 Å². The van der Waals surface area contributed by atoms with E-state index >= 15 is 0 Å². The number of nitrogens with zero attached hydrogens (tertiary/aromatic N) is 3. The maximum absolute atomic E-state index is 12.7. The summed E-state index contributed by atoms with van der Waals surface area (Å²) >= 11 is 0. The van der Waals surface area contributed by atoms with Gasteiger partial charge in [0.2, 0.25) is 5.91 Å². The minimum absolute atomic E-state index is 0.0831. The van der Waals surface area contributed by atoms with Crippen molar-refractivity contribution >= 4 is 23.0 Å². The third kappa shape index (κ3) is 4.65. The predicted octanol–water partition coefficient (Wildman–Crippen LogP) is 3.06. The average Bonchev–Trinajstić information content (AvgIpc) is 2.73. The second-order valence-corrected chi connectivity index (χ2v) is 7.12. The number of hydrogen-bond acceptors (Lipinski definition) is 6. The van der Waals surface area contributed by atoms with E-state index in [1.54, 1.807) is 0 Å². The molecular weight excluding hydrogens is 372 g/mol. The number of methoxy groups -OCH3 is 1. The smallest absolute Gasteiger partial charge is 0.273 e. The molecule has 0 aliphatic carbocycles. The van der Waals surface area contributed by atoms with Crippen molar-refractivity contribution in [2.24, 2.45) is 0 Å². The molecule has 1 heterocycles. The van der Waals surface area contributed by atoms with E-state index in [0.29, 0.717) is 5.69 Å². The summed E-state index contributed by atoms with van der Waals surface area (Å²) in [6.45, 7) is 7.24. The number of benzene rings is 2. The van der Waals surface area contributed by atoms with Gasteiger partial charge in [0.15, 0.2) is 0 Å². The molecule has 1 aliphatic rings. The Kier molecular flexibility index (Phi) is 6.33. The quantitative estimate of drug-likeness (QED) is 0.594. The molecule has 2 aromatic rings. The van der Waals surface area contributed by atoms with Gasteiger partial charge in [-0.25, -0.2) is 0 Å². The number of amides is 1. The Morgan fingerprint density at radius 3 is 2.48 bits per heavy atom. The van der Waals surface area contributed by atoms with Gasteiger partial charge in [-0.1, -0.05) is 18.2 Å². The Morgan fingerprint density at radius 1 is 1.17 bits per heavy atom. The van der Waals surface area contributed by atoms with Gasteiger partial charge in [-0.05, 0) is 31.5 Å². The summed E-state index contributed by atoms with van der Waals surface area (Å²) in [6, 6.07) is 12.1. The Labute approximate surface area is 170 Å². The zero-order chi connectivity index (χ0) is 21.0. The zero-order valence-electron chi connectivity index (χ0n) is 16.9. The van der Waals surface area contributed by atoms with Gasteiger partial charge in [-0.2, -0.15) is 0 Å². The van der Waals surface area contributed by atoms with Gasteiger partial charge in [-0.3, -0.25) is 19.8 Å². The molecular formula is C21H26N4O4. The molecule has 3 rings (SSSR count). The van der Waals surface area contributed by atoms with Crippen LogP contribution in [0.4, 0.5) is 17.1 Å².